The number of rotatable bonds is 4. The lowest BCUT2D eigenvalue weighted by Gasteiger charge is -2.33. The Balaban J connectivity index is 1.81. The Labute approximate surface area is 117 Å². The van der Waals surface area contributed by atoms with E-state index in [4.69, 9.17) is 0 Å². The summed E-state index contributed by atoms with van der Waals surface area (Å²) < 4.78 is 36.5. The molecule has 0 radical (unpaired) electrons. The largest absolute Gasteiger partial charge is 0.389 e. The maximum Gasteiger partial charge on any atom is 0.389 e. The average molecular weight is 293 g/mol. The fourth-order valence-corrected chi connectivity index (χ4v) is 2.95. The smallest absolute Gasteiger partial charge is 0.339 e. The van der Waals surface area contributed by atoms with Gasteiger partial charge in [-0.05, 0) is 32.4 Å². The predicted molar refractivity (Wildman–Crippen MR) is 69.3 cm³/mol. The first-order valence-electron chi connectivity index (χ1n) is 7.28. The molecule has 1 amide bonds. The lowest BCUT2D eigenvalue weighted by atomic mass is 10.1. The van der Waals surface area contributed by atoms with Crippen LogP contribution in [0.3, 0.4) is 0 Å². The highest BCUT2D eigenvalue weighted by Gasteiger charge is 2.34. The zero-order valence-electron chi connectivity index (χ0n) is 11.6. The van der Waals surface area contributed by atoms with Crippen LogP contribution in [0, 0.1) is 0 Å². The molecule has 0 aromatic carbocycles. The number of hydrogen-bond donors (Lipinski definition) is 1. The van der Waals surface area contributed by atoms with Crippen LogP contribution in [0.4, 0.5) is 13.2 Å². The van der Waals surface area contributed by atoms with Gasteiger partial charge in [0.05, 0.1) is 6.04 Å². The zero-order valence-corrected chi connectivity index (χ0v) is 11.6. The molecular formula is C13H22F3N3O. The third-order valence-electron chi connectivity index (χ3n) is 3.98. The number of carbonyl (C=O) groups is 1. The lowest BCUT2D eigenvalue weighted by Crippen LogP contribution is -2.52. The minimum Gasteiger partial charge on any atom is -0.339 e. The number of carbonyl (C=O) groups excluding carboxylic acids is 1. The summed E-state index contributed by atoms with van der Waals surface area (Å²) in [6, 6.07) is -0.207. The van der Waals surface area contributed by atoms with Crippen LogP contribution in [0.25, 0.3) is 0 Å². The van der Waals surface area contributed by atoms with Crippen molar-refractivity contribution >= 4 is 5.91 Å². The molecule has 1 N–H and O–H groups in total. The molecule has 7 heteroatoms. The van der Waals surface area contributed by atoms with Crippen LogP contribution in [-0.2, 0) is 4.79 Å². The molecule has 116 valence electrons. The monoisotopic (exact) mass is 293 g/mol. The van der Waals surface area contributed by atoms with Crippen LogP contribution in [0.1, 0.15) is 25.7 Å². The second-order valence-corrected chi connectivity index (χ2v) is 5.49. The molecule has 20 heavy (non-hydrogen) atoms. The van der Waals surface area contributed by atoms with Gasteiger partial charge < -0.3 is 10.2 Å². The number of nitrogens with zero attached hydrogens (tertiary/aromatic N) is 2. The van der Waals surface area contributed by atoms with E-state index in [2.05, 4.69) is 5.32 Å². The summed E-state index contributed by atoms with van der Waals surface area (Å²) in [6.07, 6.45) is -3.12. The van der Waals surface area contributed by atoms with E-state index in [1.807, 2.05) is 9.80 Å². The second kappa shape index (κ2) is 6.76. The Morgan fingerprint density at radius 1 is 1.20 bits per heavy atom. The van der Waals surface area contributed by atoms with Crippen molar-refractivity contribution in [1.82, 2.24) is 15.1 Å². The van der Waals surface area contributed by atoms with Crippen LogP contribution in [0.15, 0.2) is 0 Å². The van der Waals surface area contributed by atoms with E-state index in [1.54, 1.807) is 0 Å². The van der Waals surface area contributed by atoms with Crippen LogP contribution >= 0.6 is 0 Å². The molecule has 0 aromatic rings. The van der Waals surface area contributed by atoms with Gasteiger partial charge in [-0.3, -0.25) is 9.69 Å². The molecule has 0 spiro atoms. The van der Waals surface area contributed by atoms with E-state index in [0.717, 1.165) is 32.5 Å². The zero-order chi connectivity index (χ0) is 14.6. The first kappa shape index (κ1) is 15.6. The Morgan fingerprint density at radius 2 is 1.90 bits per heavy atom. The van der Waals surface area contributed by atoms with Gasteiger partial charge in [0.15, 0.2) is 0 Å². The Hall–Kier alpha value is -0.820. The van der Waals surface area contributed by atoms with Gasteiger partial charge in [-0.25, -0.2) is 0 Å². The Morgan fingerprint density at radius 3 is 2.55 bits per heavy atom. The molecule has 2 heterocycles. The summed E-state index contributed by atoms with van der Waals surface area (Å²) in [4.78, 5) is 16.2. The topological polar surface area (TPSA) is 35.6 Å². The van der Waals surface area contributed by atoms with E-state index >= 15 is 0 Å². The normalized spacial score (nSPS) is 25.1. The molecular weight excluding hydrogens is 271 g/mol. The second-order valence-electron chi connectivity index (χ2n) is 5.49. The third kappa shape index (κ3) is 4.34. The maximum absolute atomic E-state index is 12.4. The summed E-state index contributed by atoms with van der Waals surface area (Å²) in [7, 11) is 0. The quantitative estimate of drug-likeness (QED) is 0.847. The standard InChI is InChI=1S/C13H22F3N3O/c14-13(15,16)4-2-8-18-7-1-3-11(18)12(20)19-9-5-17-6-10-19/h11,17H,1-10H2. The molecule has 1 unspecified atom stereocenters. The highest BCUT2D eigenvalue weighted by molar-refractivity contribution is 5.82. The number of halogens is 3. The number of nitrogens with one attached hydrogen (secondary N) is 1. The van der Waals surface area contributed by atoms with Gasteiger partial charge in [0, 0.05) is 32.6 Å². The number of likely N-dealkylation sites (tertiary alicyclic amines) is 1. The van der Waals surface area contributed by atoms with Gasteiger partial charge >= 0.3 is 6.18 Å². The highest BCUT2D eigenvalue weighted by atomic mass is 19.4. The van der Waals surface area contributed by atoms with Crippen LogP contribution in [0.5, 0.6) is 0 Å². The molecule has 0 bridgehead atoms. The van der Waals surface area contributed by atoms with E-state index in [9.17, 15) is 18.0 Å². The highest BCUT2D eigenvalue weighted by Crippen LogP contribution is 2.24. The van der Waals surface area contributed by atoms with Gasteiger partial charge in [-0.1, -0.05) is 0 Å². The first-order valence-corrected chi connectivity index (χ1v) is 7.28. The molecule has 0 aromatic heterocycles. The van der Waals surface area contributed by atoms with Crippen LogP contribution in [-0.4, -0.2) is 67.2 Å². The number of hydrogen-bond acceptors (Lipinski definition) is 3. The minimum absolute atomic E-state index is 0.0782. The number of amides is 1. The van der Waals surface area contributed by atoms with Gasteiger partial charge in [-0.2, -0.15) is 13.2 Å². The van der Waals surface area contributed by atoms with Gasteiger partial charge in [0.25, 0.3) is 0 Å². The van der Waals surface area contributed by atoms with E-state index in [-0.39, 0.29) is 18.4 Å². The molecule has 0 saturated carbocycles. The van der Waals surface area contributed by atoms with E-state index in [1.165, 1.54) is 0 Å². The van der Waals surface area contributed by atoms with Crippen LogP contribution in [0.2, 0.25) is 0 Å². The molecule has 2 rings (SSSR count). The van der Waals surface area contributed by atoms with Gasteiger partial charge in [0.1, 0.15) is 0 Å². The van der Waals surface area contributed by atoms with Gasteiger partial charge in [0.2, 0.25) is 5.91 Å². The molecule has 4 nitrogen and oxygen atoms in total. The van der Waals surface area contributed by atoms with E-state index in [0.29, 0.717) is 19.6 Å². The van der Waals surface area contributed by atoms with Crippen molar-refractivity contribution in [3.05, 3.63) is 0 Å². The molecule has 2 aliphatic rings. The molecule has 2 fully saturated rings. The molecule has 0 aliphatic carbocycles. The third-order valence-corrected chi connectivity index (χ3v) is 3.98. The Bertz CT molecular complexity index is 329. The molecule has 1 atom stereocenters. The number of alkyl halides is 3. The first-order chi connectivity index (χ1) is 9.47. The lowest BCUT2D eigenvalue weighted by molar-refractivity contribution is -0.138. The van der Waals surface area contributed by atoms with Crippen molar-refractivity contribution in [2.45, 2.75) is 37.9 Å². The van der Waals surface area contributed by atoms with Crippen molar-refractivity contribution < 1.29 is 18.0 Å². The van der Waals surface area contributed by atoms with E-state index < -0.39 is 12.6 Å². The predicted octanol–water partition coefficient (Wildman–Crippen LogP) is 1.23. The molecule has 2 saturated heterocycles. The van der Waals surface area contributed by atoms with Crippen molar-refractivity contribution in [1.29, 1.82) is 0 Å². The minimum atomic E-state index is -4.10. The van der Waals surface area contributed by atoms with Crippen molar-refractivity contribution in [3.63, 3.8) is 0 Å². The summed E-state index contributed by atoms with van der Waals surface area (Å²) in [5, 5.41) is 3.19. The van der Waals surface area contributed by atoms with Gasteiger partial charge in [-0.15, -0.1) is 0 Å². The maximum atomic E-state index is 12.4. The summed E-state index contributed by atoms with van der Waals surface area (Å²) >= 11 is 0. The number of piperazine rings is 1. The fraction of sp³-hybridized carbons (Fsp3) is 0.923. The van der Waals surface area contributed by atoms with Crippen LogP contribution < -0.4 is 5.32 Å². The average Bonchev–Trinajstić information content (AvgIpc) is 2.86. The van der Waals surface area contributed by atoms with Crippen molar-refractivity contribution in [2.75, 3.05) is 39.3 Å². The summed E-state index contributed by atoms with van der Waals surface area (Å²) in [6.45, 7) is 4.10. The SMILES string of the molecule is O=C(C1CCCN1CCCC(F)(F)F)N1CCNCC1. The molecule has 2 aliphatic heterocycles. The van der Waals surface area contributed by atoms with Crippen molar-refractivity contribution in [2.24, 2.45) is 0 Å². The fourth-order valence-electron chi connectivity index (χ4n) is 2.95. The summed E-state index contributed by atoms with van der Waals surface area (Å²) in [5.41, 5.74) is 0. The Kier molecular flexibility index (Phi) is 5.26. The van der Waals surface area contributed by atoms with Crippen molar-refractivity contribution in [3.8, 4) is 0 Å². The summed E-state index contributed by atoms with van der Waals surface area (Å²) in [5.74, 6) is 0.0935.